The lowest BCUT2D eigenvalue weighted by Gasteiger charge is -1.99. The van der Waals surface area contributed by atoms with Crippen LogP contribution in [0.4, 0.5) is 0 Å². The normalized spacial score (nSPS) is 10.7. The first-order chi connectivity index (χ1) is 10.3. The molecule has 0 amide bonds. The summed E-state index contributed by atoms with van der Waals surface area (Å²) in [5.74, 6) is 1.82. The van der Waals surface area contributed by atoms with Crippen LogP contribution in [0.5, 0.6) is 5.75 Å². The Morgan fingerprint density at radius 1 is 1.19 bits per heavy atom. The van der Waals surface area contributed by atoms with Gasteiger partial charge in [-0.3, -0.25) is 4.98 Å². The van der Waals surface area contributed by atoms with Gasteiger partial charge in [-0.15, -0.1) is 11.8 Å². The highest BCUT2D eigenvalue weighted by molar-refractivity contribution is 7.99. The molecule has 5 nitrogen and oxygen atoms in total. The highest BCUT2D eigenvalue weighted by Crippen LogP contribution is 2.28. The molecule has 0 unspecified atom stereocenters. The van der Waals surface area contributed by atoms with Crippen LogP contribution >= 0.6 is 11.8 Å². The van der Waals surface area contributed by atoms with Gasteiger partial charge in [0.1, 0.15) is 5.75 Å². The molecule has 0 aliphatic rings. The highest BCUT2D eigenvalue weighted by Gasteiger charge is 2.13. The Bertz CT molecular complexity index is 741. The number of nitrogens with zero attached hydrogens (tertiary/aromatic N) is 3. The van der Waals surface area contributed by atoms with Crippen molar-refractivity contribution < 1.29 is 9.63 Å². The summed E-state index contributed by atoms with van der Waals surface area (Å²) in [6, 6.07) is 9.61. The number of aromatic hydroxyl groups is 1. The van der Waals surface area contributed by atoms with Gasteiger partial charge in [-0.2, -0.15) is 4.98 Å². The molecular weight excluding hydrogens is 286 g/mol. The molecule has 3 aromatic rings. The van der Waals surface area contributed by atoms with E-state index in [1.54, 1.807) is 24.0 Å². The minimum Gasteiger partial charge on any atom is -0.505 e. The standard InChI is InChI=1S/C15H13N3O2S/c1-2-21-11-5-3-10(4-6-11)14-17-15(20-18-14)12-7-8-16-9-13(12)19/h3-9,19H,2H2,1H3. The second-order valence-corrected chi connectivity index (χ2v) is 5.61. The van der Waals surface area contributed by atoms with Crippen LogP contribution in [0.2, 0.25) is 0 Å². The minimum atomic E-state index is 0.0161. The SMILES string of the molecule is CCSc1ccc(-c2noc(-c3ccncc3O)n2)cc1. The van der Waals surface area contributed by atoms with Crippen LogP contribution in [0.3, 0.4) is 0 Å². The summed E-state index contributed by atoms with van der Waals surface area (Å²) in [6.07, 6.45) is 2.91. The van der Waals surface area contributed by atoms with Crippen molar-refractivity contribution in [3.05, 3.63) is 42.7 Å². The molecule has 1 N–H and O–H groups in total. The molecule has 106 valence electrons. The summed E-state index contributed by atoms with van der Waals surface area (Å²) in [5.41, 5.74) is 1.35. The molecule has 3 rings (SSSR count). The maximum atomic E-state index is 9.75. The topological polar surface area (TPSA) is 72.0 Å². The first kappa shape index (κ1) is 13.6. The summed E-state index contributed by atoms with van der Waals surface area (Å²) >= 11 is 1.78. The minimum absolute atomic E-state index is 0.0161. The molecule has 0 saturated heterocycles. The van der Waals surface area contributed by atoms with Gasteiger partial charge in [-0.25, -0.2) is 0 Å². The Morgan fingerprint density at radius 2 is 2.00 bits per heavy atom. The van der Waals surface area contributed by atoms with E-state index < -0.39 is 0 Å². The molecule has 2 heterocycles. The first-order valence-electron chi connectivity index (χ1n) is 6.48. The zero-order valence-corrected chi connectivity index (χ0v) is 12.2. The highest BCUT2D eigenvalue weighted by atomic mass is 32.2. The summed E-state index contributed by atoms with van der Waals surface area (Å²) in [4.78, 5) is 9.34. The van der Waals surface area contributed by atoms with E-state index in [0.29, 0.717) is 11.4 Å². The molecule has 0 radical (unpaired) electrons. The van der Waals surface area contributed by atoms with Gasteiger partial charge in [-0.05, 0) is 36.1 Å². The zero-order valence-electron chi connectivity index (χ0n) is 11.4. The van der Waals surface area contributed by atoms with Crippen molar-refractivity contribution in [3.8, 4) is 28.6 Å². The third-order valence-electron chi connectivity index (χ3n) is 2.88. The number of hydrogen-bond acceptors (Lipinski definition) is 6. The van der Waals surface area contributed by atoms with Crippen molar-refractivity contribution in [3.63, 3.8) is 0 Å². The van der Waals surface area contributed by atoms with E-state index in [1.807, 2.05) is 24.3 Å². The number of rotatable bonds is 4. The van der Waals surface area contributed by atoms with Gasteiger partial charge in [0.2, 0.25) is 5.82 Å². The quantitative estimate of drug-likeness (QED) is 0.742. The largest absolute Gasteiger partial charge is 0.505 e. The Labute approximate surface area is 126 Å². The molecule has 0 atom stereocenters. The maximum absolute atomic E-state index is 9.75. The molecule has 0 bridgehead atoms. The van der Waals surface area contributed by atoms with Crippen molar-refractivity contribution in [2.75, 3.05) is 5.75 Å². The summed E-state index contributed by atoms with van der Waals surface area (Å²) < 4.78 is 5.21. The average Bonchev–Trinajstić information content (AvgIpc) is 2.98. The fourth-order valence-corrected chi connectivity index (χ4v) is 2.55. The van der Waals surface area contributed by atoms with Crippen molar-refractivity contribution in [1.82, 2.24) is 15.1 Å². The van der Waals surface area contributed by atoms with Crippen molar-refractivity contribution >= 4 is 11.8 Å². The number of hydrogen-bond donors (Lipinski definition) is 1. The molecule has 21 heavy (non-hydrogen) atoms. The van der Waals surface area contributed by atoms with Gasteiger partial charge >= 0.3 is 0 Å². The lowest BCUT2D eigenvalue weighted by molar-refractivity contribution is 0.425. The number of aromatic nitrogens is 3. The fourth-order valence-electron chi connectivity index (χ4n) is 1.88. The second-order valence-electron chi connectivity index (χ2n) is 4.27. The van der Waals surface area contributed by atoms with E-state index in [-0.39, 0.29) is 11.6 Å². The second kappa shape index (κ2) is 5.97. The van der Waals surface area contributed by atoms with Gasteiger partial charge in [0, 0.05) is 16.7 Å². The van der Waals surface area contributed by atoms with Crippen LogP contribution in [-0.2, 0) is 0 Å². The predicted molar refractivity (Wildman–Crippen MR) is 81.0 cm³/mol. The maximum Gasteiger partial charge on any atom is 0.262 e. The summed E-state index contributed by atoms with van der Waals surface area (Å²) in [5, 5.41) is 13.7. The van der Waals surface area contributed by atoms with E-state index in [4.69, 9.17) is 4.52 Å². The van der Waals surface area contributed by atoms with Gasteiger partial charge in [0.05, 0.1) is 11.8 Å². The lowest BCUT2D eigenvalue weighted by atomic mass is 10.2. The van der Waals surface area contributed by atoms with Crippen molar-refractivity contribution in [1.29, 1.82) is 0 Å². The number of thioether (sulfide) groups is 1. The van der Waals surface area contributed by atoms with Crippen molar-refractivity contribution in [2.24, 2.45) is 0 Å². The van der Waals surface area contributed by atoms with Crippen LogP contribution in [0.1, 0.15) is 6.92 Å². The van der Waals surface area contributed by atoms with Crippen molar-refractivity contribution in [2.45, 2.75) is 11.8 Å². The van der Waals surface area contributed by atoms with Gasteiger partial charge in [0.25, 0.3) is 5.89 Å². The average molecular weight is 299 g/mol. The molecule has 0 spiro atoms. The van der Waals surface area contributed by atoms with Crippen LogP contribution in [0, 0.1) is 0 Å². The molecule has 6 heteroatoms. The Kier molecular flexibility index (Phi) is 3.87. The van der Waals surface area contributed by atoms with Gasteiger partial charge in [-0.1, -0.05) is 12.1 Å². The summed E-state index contributed by atoms with van der Waals surface area (Å²) in [6.45, 7) is 2.12. The Morgan fingerprint density at radius 3 is 2.71 bits per heavy atom. The third-order valence-corrected chi connectivity index (χ3v) is 3.77. The number of pyridine rings is 1. The fraction of sp³-hybridized carbons (Fsp3) is 0.133. The van der Waals surface area contributed by atoms with Crippen LogP contribution in [-0.4, -0.2) is 26.0 Å². The van der Waals surface area contributed by atoms with E-state index in [1.165, 1.54) is 11.1 Å². The van der Waals surface area contributed by atoms with Gasteiger partial charge < -0.3 is 9.63 Å². The summed E-state index contributed by atoms with van der Waals surface area (Å²) in [7, 11) is 0. The predicted octanol–water partition coefficient (Wildman–Crippen LogP) is 3.62. The molecule has 0 aliphatic heterocycles. The molecule has 0 fully saturated rings. The number of benzene rings is 1. The van der Waals surface area contributed by atoms with Crippen LogP contribution in [0.15, 0.2) is 52.1 Å². The van der Waals surface area contributed by atoms with E-state index in [9.17, 15) is 5.11 Å². The molecule has 0 aliphatic carbocycles. The Balaban J connectivity index is 1.89. The molecule has 1 aromatic carbocycles. The van der Waals surface area contributed by atoms with Crippen LogP contribution < -0.4 is 0 Å². The van der Waals surface area contributed by atoms with E-state index >= 15 is 0 Å². The molecule has 0 saturated carbocycles. The Hall–Kier alpha value is -2.34. The van der Waals surface area contributed by atoms with Crippen LogP contribution in [0.25, 0.3) is 22.8 Å². The van der Waals surface area contributed by atoms with E-state index in [2.05, 4.69) is 22.0 Å². The lowest BCUT2D eigenvalue weighted by Crippen LogP contribution is -1.83. The third kappa shape index (κ3) is 2.90. The molecular formula is C15H13N3O2S. The monoisotopic (exact) mass is 299 g/mol. The first-order valence-corrected chi connectivity index (χ1v) is 7.47. The van der Waals surface area contributed by atoms with E-state index in [0.717, 1.165) is 11.3 Å². The van der Waals surface area contributed by atoms with Gasteiger partial charge in [0.15, 0.2) is 0 Å². The smallest absolute Gasteiger partial charge is 0.262 e. The molecule has 2 aromatic heterocycles. The zero-order chi connectivity index (χ0) is 14.7.